The number of ether oxygens (including phenoxy) is 1. The molecule has 0 spiro atoms. The van der Waals surface area contributed by atoms with E-state index < -0.39 is 5.95 Å². The van der Waals surface area contributed by atoms with E-state index in [4.69, 9.17) is 9.15 Å². The van der Waals surface area contributed by atoms with Crippen molar-refractivity contribution in [1.29, 1.82) is 0 Å². The summed E-state index contributed by atoms with van der Waals surface area (Å²) in [6.45, 7) is 1.83. The van der Waals surface area contributed by atoms with Crippen molar-refractivity contribution in [3.8, 4) is 23.0 Å². The number of hydrogen-bond acceptors (Lipinski definition) is 4. The maximum atomic E-state index is 12.5. The summed E-state index contributed by atoms with van der Waals surface area (Å²) >= 11 is 3.36. The van der Waals surface area contributed by atoms with E-state index in [1.54, 1.807) is 19.1 Å². The largest absolute Gasteiger partial charge is 0.479 e. The molecule has 0 bridgehead atoms. The third-order valence-electron chi connectivity index (χ3n) is 3.61. The summed E-state index contributed by atoms with van der Waals surface area (Å²) in [5, 5.41) is 10.1. The van der Waals surface area contributed by atoms with E-state index in [1.165, 1.54) is 0 Å². The van der Waals surface area contributed by atoms with Crippen LogP contribution >= 0.6 is 15.9 Å². The Kier molecular flexibility index (Phi) is 4.71. The number of benzene rings is 2. The number of aromatic hydroxyl groups is 1. The molecule has 0 radical (unpaired) electrons. The summed E-state index contributed by atoms with van der Waals surface area (Å²) in [4.78, 5) is 12.5. The van der Waals surface area contributed by atoms with Crippen molar-refractivity contribution >= 4 is 15.9 Å². The van der Waals surface area contributed by atoms with Crippen LogP contribution < -0.4 is 10.2 Å². The van der Waals surface area contributed by atoms with Crippen molar-refractivity contribution in [3.63, 3.8) is 0 Å². The van der Waals surface area contributed by atoms with Gasteiger partial charge in [-0.15, -0.1) is 0 Å². The Morgan fingerprint density at radius 3 is 2.42 bits per heavy atom. The molecule has 0 aliphatic heterocycles. The second-order valence-electron chi connectivity index (χ2n) is 5.30. The van der Waals surface area contributed by atoms with Crippen LogP contribution in [0.3, 0.4) is 0 Å². The van der Waals surface area contributed by atoms with Crippen LogP contribution in [0.1, 0.15) is 11.1 Å². The van der Waals surface area contributed by atoms with Gasteiger partial charge in [-0.3, -0.25) is 4.79 Å². The number of hydrogen-bond donors (Lipinski definition) is 1. The van der Waals surface area contributed by atoms with Gasteiger partial charge in [0.15, 0.2) is 0 Å². The molecule has 0 fully saturated rings. The Bertz CT molecular complexity index is 899. The Morgan fingerprint density at radius 2 is 1.75 bits per heavy atom. The topological polar surface area (TPSA) is 59.7 Å². The lowest BCUT2D eigenvalue weighted by Crippen LogP contribution is -2.12. The van der Waals surface area contributed by atoms with E-state index in [0.29, 0.717) is 16.9 Å². The van der Waals surface area contributed by atoms with Gasteiger partial charge in [-0.2, -0.15) is 0 Å². The van der Waals surface area contributed by atoms with Crippen LogP contribution in [0.4, 0.5) is 0 Å². The summed E-state index contributed by atoms with van der Waals surface area (Å²) in [7, 11) is 0. The van der Waals surface area contributed by atoms with Crippen molar-refractivity contribution in [3.05, 3.63) is 80.4 Å². The molecule has 0 atom stereocenters. The molecule has 5 heteroatoms. The fourth-order valence-electron chi connectivity index (χ4n) is 2.32. The zero-order chi connectivity index (χ0) is 17.1. The minimum Gasteiger partial charge on any atom is -0.479 e. The van der Waals surface area contributed by atoms with Crippen LogP contribution in [0.2, 0.25) is 0 Å². The molecule has 3 aromatic rings. The monoisotopic (exact) mass is 386 g/mol. The molecular formula is C19H15BrO4. The summed E-state index contributed by atoms with van der Waals surface area (Å²) in [6, 6.07) is 16.7. The van der Waals surface area contributed by atoms with Gasteiger partial charge in [0.2, 0.25) is 11.2 Å². The van der Waals surface area contributed by atoms with Gasteiger partial charge >= 0.3 is 5.95 Å². The van der Waals surface area contributed by atoms with Crippen LogP contribution in [0, 0.1) is 6.92 Å². The zero-order valence-electron chi connectivity index (χ0n) is 13.0. The first kappa shape index (κ1) is 16.3. The SMILES string of the molecule is Cc1c(-c2ccc(Br)cc2)oc(O)c(OCc2ccccc2)c1=O. The molecule has 0 aliphatic rings. The Hall–Kier alpha value is -2.53. The molecule has 122 valence electrons. The summed E-state index contributed by atoms with van der Waals surface area (Å²) in [6.07, 6.45) is 0. The maximum absolute atomic E-state index is 12.5. The lowest BCUT2D eigenvalue weighted by atomic mass is 10.1. The predicted octanol–water partition coefficient (Wildman–Crippen LogP) is 4.66. The molecule has 0 saturated carbocycles. The van der Waals surface area contributed by atoms with Crippen molar-refractivity contribution in [2.75, 3.05) is 0 Å². The second-order valence-corrected chi connectivity index (χ2v) is 6.22. The Morgan fingerprint density at radius 1 is 1.08 bits per heavy atom. The summed E-state index contributed by atoms with van der Waals surface area (Å²) < 4.78 is 11.8. The van der Waals surface area contributed by atoms with Crippen molar-refractivity contribution in [1.82, 2.24) is 0 Å². The highest BCUT2D eigenvalue weighted by molar-refractivity contribution is 9.10. The van der Waals surface area contributed by atoms with Gasteiger partial charge in [-0.1, -0.05) is 58.4 Å². The third kappa shape index (κ3) is 3.36. The zero-order valence-corrected chi connectivity index (χ0v) is 14.5. The smallest absolute Gasteiger partial charge is 0.330 e. The van der Waals surface area contributed by atoms with Crippen molar-refractivity contribution in [2.24, 2.45) is 0 Å². The van der Waals surface area contributed by atoms with E-state index in [-0.39, 0.29) is 17.8 Å². The predicted molar refractivity (Wildman–Crippen MR) is 95.3 cm³/mol. The molecule has 0 saturated heterocycles. The molecule has 2 aromatic carbocycles. The van der Waals surface area contributed by atoms with Gasteiger partial charge < -0.3 is 14.3 Å². The summed E-state index contributed by atoms with van der Waals surface area (Å²) in [5.41, 5.74) is 1.61. The van der Waals surface area contributed by atoms with E-state index >= 15 is 0 Å². The molecule has 0 unspecified atom stereocenters. The number of halogens is 1. The molecule has 1 N–H and O–H groups in total. The first-order valence-electron chi connectivity index (χ1n) is 7.35. The number of rotatable bonds is 4. The third-order valence-corrected chi connectivity index (χ3v) is 4.14. The maximum Gasteiger partial charge on any atom is 0.330 e. The van der Waals surface area contributed by atoms with E-state index in [1.807, 2.05) is 42.5 Å². The molecule has 4 nitrogen and oxygen atoms in total. The highest BCUT2D eigenvalue weighted by Crippen LogP contribution is 2.31. The van der Waals surface area contributed by atoms with Crippen LogP contribution in [-0.4, -0.2) is 5.11 Å². The average Bonchev–Trinajstić information content (AvgIpc) is 2.60. The second kappa shape index (κ2) is 6.93. The highest BCUT2D eigenvalue weighted by atomic mass is 79.9. The van der Waals surface area contributed by atoms with Gasteiger partial charge in [0, 0.05) is 15.6 Å². The molecular weight excluding hydrogens is 372 g/mol. The van der Waals surface area contributed by atoms with Gasteiger partial charge in [-0.25, -0.2) is 0 Å². The van der Waals surface area contributed by atoms with Crippen LogP contribution in [0.15, 0.2) is 68.3 Å². The Labute approximate surface area is 147 Å². The van der Waals surface area contributed by atoms with E-state index in [0.717, 1.165) is 10.0 Å². The Balaban J connectivity index is 1.94. The van der Waals surface area contributed by atoms with Gasteiger partial charge in [0.1, 0.15) is 12.4 Å². The lowest BCUT2D eigenvalue weighted by Gasteiger charge is -2.10. The molecule has 1 heterocycles. The van der Waals surface area contributed by atoms with Crippen LogP contribution in [0.5, 0.6) is 11.7 Å². The van der Waals surface area contributed by atoms with Crippen molar-refractivity contribution in [2.45, 2.75) is 13.5 Å². The fraction of sp³-hybridized carbons (Fsp3) is 0.105. The normalized spacial score (nSPS) is 10.6. The van der Waals surface area contributed by atoms with E-state index in [2.05, 4.69) is 15.9 Å². The van der Waals surface area contributed by atoms with Gasteiger partial charge in [0.25, 0.3) is 0 Å². The van der Waals surface area contributed by atoms with Crippen LogP contribution in [0.25, 0.3) is 11.3 Å². The van der Waals surface area contributed by atoms with Gasteiger partial charge in [-0.05, 0) is 24.6 Å². The standard InChI is InChI=1S/C19H15BrO4/c1-12-16(21)18(23-11-13-5-3-2-4-6-13)19(22)24-17(12)14-7-9-15(20)10-8-14/h2-10,22H,11H2,1H3. The molecule has 0 aliphatic carbocycles. The average molecular weight is 387 g/mol. The van der Waals surface area contributed by atoms with Crippen LogP contribution in [-0.2, 0) is 6.61 Å². The minimum atomic E-state index is -0.514. The van der Waals surface area contributed by atoms with Gasteiger partial charge in [0.05, 0.1) is 0 Å². The van der Waals surface area contributed by atoms with E-state index in [9.17, 15) is 9.90 Å². The molecule has 1 aromatic heterocycles. The molecule has 24 heavy (non-hydrogen) atoms. The first-order valence-corrected chi connectivity index (χ1v) is 8.15. The first-order chi connectivity index (χ1) is 11.6. The molecule has 0 amide bonds. The minimum absolute atomic E-state index is 0.169. The van der Waals surface area contributed by atoms with Crippen molar-refractivity contribution < 1.29 is 14.3 Å². The molecule has 3 rings (SSSR count). The quantitative estimate of drug-likeness (QED) is 0.707. The highest BCUT2D eigenvalue weighted by Gasteiger charge is 2.19. The lowest BCUT2D eigenvalue weighted by molar-refractivity contribution is 0.245. The summed E-state index contributed by atoms with van der Waals surface area (Å²) in [5.74, 6) is -0.353. The fourth-order valence-corrected chi connectivity index (χ4v) is 2.59.